The number of hydrogen-bond acceptors (Lipinski definition) is 11. The van der Waals surface area contributed by atoms with Gasteiger partial charge in [-0.15, -0.1) is 0 Å². The van der Waals surface area contributed by atoms with Crippen LogP contribution in [0.15, 0.2) is 18.2 Å². The van der Waals surface area contributed by atoms with Gasteiger partial charge in [-0.2, -0.15) is 0 Å². The molecule has 0 aromatic heterocycles. The van der Waals surface area contributed by atoms with Gasteiger partial charge in [-0.05, 0) is 63.6 Å². The number of carbonyl (C=O) groups excluding carboxylic acids is 3. The molecule has 4 unspecified atom stereocenters. The van der Waals surface area contributed by atoms with E-state index >= 15 is 0 Å². The van der Waals surface area contributed by atoms with Crippen molar-refractivity contribution < 1.29 is 52.7 Å². The van der Waals surface area contributed by atoms with Crippen molar-refractivity contribution in [1.82, 2.24) is 5.32 Å². The first kappa shape index (κ1) is 36.5. The Balaban J connectivity index is 2.98. The molecule has 0 saturated heterocycles. The summed E-state index contributed by atoms with van der Waals surface area (Å²) in [5.74, 6) is -1.17. The molecule has 0 spiro atoms. The molecule has 1 aromatic carbocycles. The highest BCUT2D eigenvalue weighted by atomic mass is 16.8. The van der Waals surface area contributed by atoms with E-state index in [0.717, 1.165) is 19.3 Å². The lowest BCUT2D eigenvalue weighted by Crippen LogP contribution is -2.42. The Morgan fingerprint density at radius 3 is 1.86 bits per heavy atom. The Morgan fingerprint density at radius 1 is 0.786 bits per heavy atom. The van der Waals surface area contributed by atoms with Gasteiger partial charge >= 0.3 is 24.4 Å². The largest absolute Gasteiger partial charge is 0.514 e. The van der Waals surface area contributed by atoms with Crippen LogP contribution in [-0.2, 0) is 30.2 Å². The van der Waals surface area contributed by atoms with E-state index in [2.05, 4.69) is 5.32 Å². The fourth-order valence-electron chi connectivity index (χ4n) is 3.69. The molecule has 0 saturated carbocycles. The number of nitrogens with one attached hydrogen (secondary N) is 1. The van der Waals surface area contributed by atoms with Crippen LogP contribution >= 0.6 is 0 Å². The lowest BCUT2D eigenvalue weighted by molar-refractivity contribution is -0.139. The summed E-state index contributed by atoms with van der Waals surface area (Å²) in [5, 5.41) is 12.6. The normalized spacial score (nSPS) is 14.5. The third kappa shape index (κ3) is 14.9. The average Bonchev–Trinajstić information content (AvgIpc) is 2.90. The Labute approximate surface area is 248 Å². The molecule has 1 rings (SSSR count). The summed E-state index contributed by atoms with van der Waals surface area (Å²) in [5.41, 5.74) is 0.459. The minimum atomic E-state index is -1.15. The zero-order chi connectivity index (χ0) is 31.7. The van der Waals surface area contributed by atoms with E-state index in [9.17, 15) is 24.3 Å². The molecule has 0 aliphatic rings. The summed E-state index contributed by atoms with van der Waals surface area (Å²) in [6.07, 6.45) is -0.514. The van der Waals surface area contributed by atoms with Crippen LogP contribution in [0.4, 0.5) is 14.4 Å². The number of rotatable bonds is 18. The fourth-order valence-corrected chi connectivity index (χ4v) is 3.69. The molecule has 0 radical (unpaired) electrons. The second-order valence-corrected chi connectivity index (χ2v) is 10.4. The van der Waals surface area contributed by atoms with Gasteiger partial charge in [-0.1, -0.05) is 53.0 Å². The molecule has 0 amide bonds. The predicted molar refractivity (Wildman–Crippen MR) is 154 cm³/mol. The van der Waals surface area contributed by atoms with Crippen LogP contribution < -0.4 is 14.8 Å². The molecular weight excluding hydrogens is 550 g/mol. The van der Waals surface area contributed by atoms with Crippen molar-refractivity contribution >= 4 is 24.4 Å². The van der Waals surface area contributed by atoms with Gasteiger partial charge in [0, 0.05) is 6.54 Å². The lowest BCUT2D eigenvalue weighted by Gasteiger charge is -2.20. The second kappa shape index (κ2) is 19.6. The van der Waals surface area contributed by atoms with Crippen molar-refractivity contribution in [3.8, 4) is 11.5 Å². The first-order valence-electron chi connectivity index (χ1n) is 14.6. The minimum absolute atomic E-state index is 0.0313. The maximum Gasteiger partial charge on any atom is 0.514 e. The summed E-state index contributed by atoms with van der Waals surface area (Å²) < 4.78 is 31.4. The number of carbonyl (C=O) groups is 4. The monoisotopic (exact) mass is 597 g/mol. The fraction of sp³-hybridized carbons (Fsp3) is 0.667. The number of carboxylic acid groups (broad SMARTS) is 1. The molecule has 12 heteroatoms. The predicted octanol–water partition coefficient (Wildman–Crippen LogP) is 6.27. The lowest BCUT2D eigenvalue weighted by atomic mass is 10.0. The van der Waals surface area contributed by atoms with Crippen molar-refractivity contribution in [3.63, 3.8) is 0 Å². The molecule has 2 N–H and O–H groups in total. The number of ether oxygens (including phenoxy) is 6. The van der Waals surface area contributed by atoms with Crippen LogP contribution in [0.3, 0.4) is 0 Å². The number of carboxylic acids is 1. The molecule has 0 bridgehead atoms. The summed E-state index contributed by atoms with van der Waals surface area (Å²) in [7, 11) is 0. The SMILES string of the molecule is CCCC(C)OC(=O)Oc1ccc(C[C@H](NCC(C)OC(=O)OCC(C)CC)C(=O)O)cc1OC(=O)OC(C)CCC. The molecule has 12 nitrogen and oxygen atoms in total. The highest BCUT2D eigenvalue weighted by Crippen LogP contribution is 2.30. The summed E-state index contributed by atoms with van der Waals surface area (Å²) >= 11 is 0. The maximum atomic E-state index is 12.4. The first-order chi connectivity index (χ1) is 19.9. The smallest absolute Gasteiger partial charge is 0.480 e. The maximum absolute atomic E-state index is 12.4. The molecule has 1 aromatic rings. The van der Waals surface area contributed by atoms with Crippen molar-refractivity contribution in [2.45, 2.75) is 111 Å². The van der Waals surface area contributed by atoms with Crippen molar-refractivity contribution in [2.24, 2.45) is 5.92 Å². The third-order valence-electron chi connectivity index (χ3n) is 6.25. The van der Waals surface area contributed by atoms with Crippen molar-refractivity contribution in [1.29, 1.82) is 0 Å². The van der Waals surface area contributed by atoms with Crippen molar-refractivity contribution in [2.75, 3.05) is 13.2 Å². The summed E-state index contributed by atoms with van der Waals surface area (Å²) in [4.78, 5) is 48.6. The van der Waals surface area contributed by atoms with Gasteiger partial charge in [-0.25, -0.2) is 14.4 Å². The molecule has 0 aliphatic heterocycles. The molecule has 0 heterocycles. The first-order valence-corrected chi connectivity index (χ1v) is 14.6. The van der Waals surface area contributed by atoms with Crippen LogP contribution in [0.5, 0.6) is 11.5 Å². The Hall–Kier alpha value is -3.54. The topological polar surface area (TPSA) is 156 Å². The Morgan fingerprint density at radius 2 is 1.33 bits per heavy atom. The zero-order valence-corrected chi connectivity index (χ0v) is 25.8. The highest BCUT2D eigenvalue weighted by molar-refractivity contribution is 5.74. The third-order valence-corrected chi connectivity index (χ3v) is 6.25. The Bertz CT molecular complexity index is 999. The average molecular weight is 598 g/mol. The molecule has 42 heavy (non-hydrogen) atoms. The zero-order valence-electron chi connectivity index (χ0n) is 25.8. The van der Waals surface area contributed by atoms with E-state index in [1.807, 2.05) is 27.7 Å². The van der Waals surface area contributed by atoms with Crippen LogP contribution in [0.1, 0.15) is 86.1 Å². The quantitative estimate of drug-likeness (QED) is 0.111. The van der Waals surface area contributed by atoms with Gasteiger partial charge in [0.15, 0.2) is 11.5 Å². The van der Waals surface area contributed by atoms with Gasteiger partial charge in [0.2, 0.25) is 0 Å². The van der Waals surface area contributed by atoms with Crippen LogP contribution in [-0.4, -0.2) is 67.0 Å². The molecule has 5 atom stereocenters. The minimum Gasteiger partial charge on any atom is -0.480 e. The van der Waals surface area contributed by atoms with E-state index in [4.69, 9.17) is 28.4 Å². The Kier molecular flexibility index (Phi) is 17.0. The molecule has 238 valence electrons. The molecule has 0 fully saturated rings. The van der Waals surface area contributed by atoms with Crippen LogP contribution in [0.2, 0.25) is 0 Å². The van der Waals surface area contributed by atoms with E-state index in [-0.39, 0.29) is 43.1 Å². The standard InChI is InChI=1S/C30H47NO11/c1-8-11-20(5)38-29(35)41-25-14-13-23(16-26(25)42-30(36)39-21(6)12-9-2)15-24(27(32)33)31-17-22(7)40-28(34)37-18-19(4)10-3/h13-14,16,19-22,24,31H,8-12,15,17-18H2,1-7H3,(H,32,33)/t19?,20?,21?,22?,24-/m0/s1. The van der Waals surface area contributed by atoms with Crippen LogP contribution in [0, 0.1) is 5.92 Å². The van der Waals surface area contributed by atoms with Gasteiger partial charge in [0.05, 0.1) is 6.61 Å². The molecule has 0 aliphatic carbocycles. The summed E-state index contributed by atoms with van der Waals surface area (Å²) in [6, 6.07) is 3.24. The van der Waals surface area contributed by atoms with Gasteiger partial charge in [0.25, 0.3) is 0 Å². The van der Waals surface area contributed by atoms with E-state index in [1.54, 1.807) is 26.8 Å². The van der Waals surface area contributed by atoms with E-state index in [0.29, 0.717) is 18.4 Å². The highest BCUT2D eigenvalue weighted by Gasteiger charge is 2.23. The van der Waals surface area contributed by atoms with E-state index in [1.165, 1.54) is 12.1 Å². The number of hydrogen-bond donors (Lipinski definition) is 2. The van der Waals surface area contributed by atoms with Crippen molar-refractivity contribution in [3.05, 3.63) is 23.8 Å². The van der Waals surface area contributed by atoms with Gasteiger partial charge in [0.1, 0.15) is 24.4 Å². The van der Waals surface area contributed by atoms with Crippen LogP contribution in [0.25, 0.3) is 0 Å². The van der Waals surface area contributed by atoms with Gasteiger partial charge in [-0.3, -0.25) is 4.79 Å². The summed E-state index contributed by atoms with van der Waals surface area (Å²) in [6.45, 7) is 13.2. The van der Waals surface area contributed by atoms with Gasteiger partial charge < -0.3 is 38.8 Å². The number of benzene rings is 1. The van der Waals surface area contributed by atoms with E-state index < -0.39 is 42.7 Å². The molecular formula is C30H47NO11. The number of aliphatic carboxylic acids is 1. The second-order valence-electron chi connectivity index (χ2n) is 10.4.